The maximum atomic E-state index is 14.4. The summed E-state index contributed by atoms with van der Waals surface area (Å²) in [5.41, 5.74) is 1.68. The molecule has 132 valence electrons. The number of aromatic nitrogens is 2. The molecule has 0 saturated carbocycles. The molecule has 0 unspecified atom stereocenters. The Labute approximate surface area is 151 Å². The Morgan fingerprint density at radius 1 is 1.04 bits per heavy atom. The number of para-hydroxylation sites is 1. The van der Waals surface area contributed by atoms with E-state index in [0.29, 0.717) is 11.5 Å². The Morgan fingerprint density at radius 3 is 2.54 bits per heavy atom. The summed E-state index contributed by atoms with van der Waals surface area (Å²) in [6, 6.07) is 15.9. The molecule has 6 heteroatoms. The second-order valence-corrected chi connectivity index (χ2v) is 6.28. The summed E-state index contributed by atoms with van der Waals surface area (Å²) in [5, 5.41) is 7.04. The minimum absolute atomic E-state index is 0.284. The number of benzene rings is 2. The first-order chi connectivity index (χ1) is 12.7. The lowest BCUT2D eigenvalue weighted by atomic mass is 10.1. The molecule has 0 radical (unpaired) electrons. The summed E-state index contributed by atoms with van der Waals surface area (Å²) in [6.07, 6.45) is 3.76. The highest BCUT2D eigenvalue weighted by atomic mass is 19.1. The predicted molar refractivity (Wildman–Crippen MR) is 99.4 cm³/mol. The lowest BCUT2D eigenvalue weighted by Crippen LogP contribution is -2.20. The fraction of sp³-hybridized carbons (Fsp3) is 0.200. The number of amides is 1. The number of rotatable bonds is 4. The van der Waals surface area contributed by atoms with Crippen LogP contribution >= 0.6 is 0 Å². The van der Waals surface area contributed by atoms with Gasteiger partial charge >= 0.3 is 0 Å². The van der Waals surface area contributed by atoms with Gasteiger partial charge in [-0.2, -0.15) is 5.10 Å². The molecule has 2 aromatic carbocycles. The molecule has 1 fully saturated rings. The van der Waals surface area contributed by atoms with Gasteiger partial charge in [-0.1, -0.05) is 18.2 Å². The summed E-state index contributed by atoms with van der Waals surface area (Å²) in [4.78, 5) is 14.6. The van der Waals surface area contributed by atoms with Gasteiger partial charge in [0.05, 0.1) is 17.6 Å². The maximum Gasteiger partial charge on any atom is 0.256 e. The van der Waals surface area contributed by atoms with Crippen LogP contribution in [0.2, 0.25) is 0 Å². The number of carbonyl (C=O) groups excluding carboxylic acids is 1. The van der Waals surface area contributed by atoms with E-state index in [1.807, 2.05) is 35.2 Å². The summed E-state index contributed by atoms with van der Waals surface area (Å²) in [7, 11) is 0. The fourth-order valence-corrected chi connectivity index (χ4v) is 3.22. The monoisotopic (exact) mass is 350 g/mol. The van der Waals surface area contributed by atoms with Gasteiger partial charge in [0.1, 0.15) is 11.6 Å². The van der Waals surface area contributed by atoms with Gasteiger partial charge in [0, 0.05) is 24.7 Å². The normalized spacial score (nSPS) is 13.8. The van der Waals surface area contributed by atoms with Crippen LogP contribution in [0.15, 0.2) is 60.8 Å². The van der Waals surface area contributed by atoms with Gasteiger partial charge in [-0.05, 0) is 43.2 Å². The van der Waals surface area contributed by atoms with Gasteiger partial charge in [0.15, 0.2) is 0 Å². The van der Waals surface area contributed by atoms with Crippen molar-refractivity contribution in [1.82, 2.24) is 9.78 Å². The maximum absolute atomic E-state index is 14.4. The largest absolute Gasteiger partial charge is 0.369 e. The van der Waals surface area contributed by atoms with E-state index in [-0.39, 0.29) is 17.3 Å². The molecular weight excluding hydrogens is 331 g/mol. The van der Waals surface area contributed by atoms with Crippen molar-refractivity contribution < 1.29 is 9.18 Å². The van der Waals surface area contributed by atoms with Gasteiger partial charge < -0.3 is 10.2 Å². The molecule has 0 spiro atoms. The fourth-order valence-electron chi connectivity index (χ4n) is 3.22. The van der Waals surface area contributed by atoms with E-state index >= 15 is 0 Å². The molecular formula is C20H19FN4O. The molecule has 2 heterocycles. The highest BCUT2D eigenvalue weighted by Crippen LogP contribution is 2.25. The van der Waals surface area contributed by atoms with Crippen LogP contribution in [0.5, 0.6) is 0 Å². The van der Waals surface area contributed by atoms with E-state index in [1.54, 1.807) is 29.1 Å². The Morgan fingerprint density at radius 2 is 1.81 bits per heavy atom. The minimum atomic E-state index is -0.366. The van der Waals surface area contributed by atoms with Crippen LogP contribution in [0.1, 0.15) is 23.2 Å². The van der Waals surface area contributed by atoms with Crippen molar-refractivity contribution >= 4 is 17.4 Å². The van der Waals surface area contributed by atoms with E-state index < -0.39 is 0 Å². The second-order valence-electron chi connectivity index (χ2n) is 6.28. The number of halogens is 1. The Bertz CT molecular complexity index is 917. The molecule has 1 saturated heterocycles. The van der Waals surface area contributed by atoms with Crippen molar-refractivity contribution in [2.75, 3.05) is 23.3 Å². The number of nitrogens with zero attached hydrogens (tertiary/aromatic N) is 3. The highest BCUT2D eigenvalue weighted by Gasteiger charge is 2.18. The molecule has 4 rings (SSSR count). The lowest BCUT2D eigenvalue weighted by molar-refractivity contribution is 0.102. The third-order valence-corrected chi connectivity index (χ3v) is 4.54. The SMILES string of the molecule is O=C(Nc1ccnn1-c1ccccc1)c1ccc(N2CCCC2)c(F)c1. The van der Waals surface area contributed by atoms with Crippen molar-refractivity contribution in [3.63, 3.8) is 0 Å². The third kappa shape index (κ3) is 3.18. The first-order valence-electron chi connectivity index (χ1n) is 8.68. The Balaban J connectivity index is 1.54. The van der Waals surface area contributed by atoms with Crippen LogP contribution in [-0.4, -0.2) is 28.8 Å². The van der Waals surface area contributed by atoms with Crippen molar-refractivity contribution in [3.8, 4) is 5.69 Å². The van der Waals surface area contributed by atoms with E-state index in [0.717, 1.165) is 31.6 Å². The van der Waals surface area contributed by atoms with Crippen molar-refractivity contribution in [2.45, 2.75) is 12.8 Å². The van der Waals surface area contributed by atoms with Gasteiger partial charge in [0.2, 0.25) is 0 Å². The van der Waals surface area contributed by atoms with Crippen molar-refractivity contribution in [3.05, 3.63) is 72.2 Å². The molecule has 1 aliphatic rings. The van der Waals surface area contributed by atoms with E-state index in [2.05, 4.69) is 10.4 Å². The minimum Gasteiger partial charge on any atom is -0.369 e. The molecule has 0 bridgehead atoms. The molecule has 0 atom stereocenters. The number of hydrogen-bond donors (Lipinski definition) is 1. The zero-order valence-electron chi connectivity index (χ0n) is 14.2. The van der Waals surface area contributed by atoms with Crippen LogP contribution in [0.3, 0.4) is 0 Å². The van der Waals surface area contributed by atoms with Crippen molar-refractivity contribution in [2.24, 2.45) is 0 Å². The summed E-state index contributed by atoms with van der Waals surface area (Å²) in [5.74, 6) is -0.198. The molecule has 0 aliphatic carbocycles. The van der Waals surface area contributed by atoms with Crippen LogP contribution in [0, 0.1) is 5.82 Å². The van der Waals surface area contributed by atoms with Crippen LogP contribution in [-0.2, 0) is 0 Å². The lowest BCUT2D eigenvalue weighted by Gasteiger charge is -2.18. The smallest absolute Gasteiger partial charge is 0.256 e. The van der Waals surface area contributed by atoms with E-state index in [4.69, 9.17) is 0 Å². The predicted octanol–water partition coefficient (Wildman–Crippen LogP) is 3.86. The first kappa shape index (κ1) is 16.3. The summed E-state index contributed by atoms with van der Waals surface area (Å²) in [6.45, 7) is 1.72. The number of hydrogen-bond acceptors (Lipinski definition) is 3. The van der Waals surface area contributed by atoms with Gasteiger partial charge in [-0.3, -0.25) is 4.79 Å². The van der Waals surface area contributed by atoms with Gasteiger partial charge in [-0.25, -0.2) is 9.07 Å². The second kappa shape index (κ2) is 7.00. The number of nitrogens with one attached hydrogen (secondary N) is 1. The quantitative estimate of drug-likeness (QED) is 0.777. The number of anilines is 2. The molecule has 5 nitrogen and oxygen atoms in total. The third-order valence-electron chi connectivity index (χ3n) is 4.54. The van der Waals surface area contributed by atoms with Crippen LogP contribution < -0.4 is 10.2 Å². The van der Waals surface area contributed by atoms with Crippen molar-refractivity contribution in [1.29, 1.82) is 0 Å². The Kier molecular flexibility index (Phi) is 4.39. The molecule has 1 aromatic heterocycles. The summed E-state index contributed by atoms with van der Waals surface area (Å²) < 4.78 is 16.1. The molecule has 26 heavy (non-hydrogen) atoms. The average Bonchev–Trinajstić information content (AvgIpc) is 3.34. The zero-order valence-corrected chi connectivity index (χ0v) is 14.2. The highest BCUT2D eigenvalue weighted by molar-refractivity contribution is 6.04. The first-order valence-corrected chi connectivity index (χ1v) is 8.68. The van der Waals surface area contributed by atoms with Gasteiger partial charge in [0.25, 0.3) is 5.91 Å². The average molecular weight is 350 g/mol. The number of carbonyl (C=O) groups is 1. The molecule has 1 aliphatic heterocycles. The van der Waals surface area contributed by atoms with Crippen LogP contribution in [0.25, 0.3) is 5.69 Å². The zero-order chi connectivity index (χ0) is 17.9. The Hall–Kier alpha value is -3.15. The van der Waals surface area contributed by atoms with E-state index in [9.17, 15) is 9.18 Å². The standard InChI is InChI=1S/C20H19FN4O/c21-17-14-15(8-9-18(17)24-12-4-5-13-24)20(26)23-19-10-11-22-25(19)16-6-2-1-3-7-16/h1-3,6-11,14H,4-5,12-13H2,(H,23,26). The van der Waals surface area contributed by atoms with Crippen LogP contribution in [0.4, 0.5) is 15.9 Å². The molecule has 3 aromatic rings. The molecule has 1 N–H and O–H groups in total. The summed E-state index contributed by atoms with van der Waals surface area (Å²) >= 11 is 0. The topological polar surface area (TPSA) is 50.2 Å². The molecule has 1 amide bonds. The van der Waals surface area contributed by atoms with Gasteiger partial charge in [-0.15, -0.1) is 0 Å². The van der Waals surface area contributed by atoms with E-state index in [1.165, 1.54) is 6.07 Å².